The lowest BCUT2D eigenvalue weighted by molar-refractivity contribution is -0.139. The number of carbonyl (C=O) groups excluding carboxylic acids is 2. The van der Waals surface area contributed by atoms with E-state index < -0.39 is 8.32 Å². The molecule has 1 aliphatic rings. The Balaban J connectivity index is 2.04. The fourth-order valence-electron chi connectivity index (χ4n) is 3.16. The second-order valence-corrected chi connectivity index (χ2v) is 13.6. The molecule has 3 unspecified atom stereocenters. The Hall–Kier alpha value is -1.47. The van der Waals surface area contributed by atoms with Crippen LogP contribution in [-0.4, -0.2) is 41.9 Å². The number of β-lactam (4-membered cyclic amide) rings is 1. The molecule has 1 fully saturated rings. The monoisotopic (exact) mass is 379 g/mol. The maximum absolute atomic E-state index is 12.6. The van der Waals surface area contributed by atoms with Gasteiger partial charge in [0.05, 0.1) is 18.1 Å². The molecule has 0 saturated carbocycles. The lowest BCUT2D eigenvalue weighted by atomic mass is 9.83. The number of aryl methyl sites for hydroxylation is 2. The lowest BCUT2D eigenvalue weighted by Gasteiger charge is -2.45. The third-order valence-corrected chi connectivity index (χ3v) is 10.4. The van der Waals surface area contributed by atoms with Gasteiger partial charge in [0.15, 0.2) is 14.1 Å². The van der Waals surface area contributed by atoms with E-state index in [9.17, 15) is 9.59 Å². The highest BCUT2D eigenvalue weighted by Crippen LogP contribution is 2.39. The number of ketones is 1. The van der Waals surface area contributed by atoms with Crippen LogP contribution in [0.5, 0.6) is 0 Å². The molecular formula is C19H33N3O3Si. The van der Waals surface area contributed by atoms with E-state index in [4.69, 9.17) is 4.43 Å². The molecule has 1 amide bonds. The van der Waals surface area contributed by atoms with E-state index >= 15 is 0 Å². The van der Waals surface area contributed by atoms with Crippen LogP contribution in [0.2, 0.25) is 18.1 Å². The fraction of sp³-hybridized carbons (Fsp3) is 0.737. The van der Waals surface area contributed by atoms with E-state index in [-0.39, 0.29) is 41.2 Å². The highest BCUT2D eigenvalue weighted by atomic mass is 28.4. The quantitative estimate of drug-likeness (QED) is 0.448. The van der Waals surface area contributed by atoms with E-state index in [1.807, 2.05) is 31.5 Å². The zero-order chi connectivity index (χ0) is 19.9. The maximum Gasteiger partial charge on any atom is 0.228 e. The van der Waals surface area contributed by atoms with E-state index in [0.29, 0.717) is 5.69 Å². The molecule has 0 bridgehead atoms. The van der Waals surface area contributed by atoms with Crippen LogP contribution in [0.25, 0.3) is 0 Å². The molecule has 1 saturated heterocycles. The molecule has 1 N–H and O–H groups in total. The average molecular weight is 380 g/mol. The summed E-state index contributed by atoms with van der Waals surface area (Å²) in [5.41, 5.74) is 1.45. The molecule has 1 aromatic rings. The molecule has 2 heterocycles. The maximum atomic E-state index is 12.6. The van der Waals surface area contributed by atoms with Crippen molar-refractivity contribution in [1.82, 2.24) is 15.1 Å². The van der Waals surface area contributed by atoms with Crippen LogP contribution in [0.4, 0.5) is 0 Å². The summed E-state index contributed by atoms with van der Waals surface area (Å²) in [4.78, 5) is 24.7. The first-order valence-electron chi connectivity index (χ1n) is 9.43. The average Bonchev–Trinajstić information content (AvgIpc) is 2.85. The Kier molecular flexibility index (Phi) is 5.82. The van der Waals surface area contributed by atoms with Gasteiger partial charge in [-0.15, -0.1) is 0 Å². The fourth-order valence-corrected chi connectivity index (χ4v) is 4.59. The van der Waals surface area contributed by atoms with Gasteiger partial charge in [-0.3, -0.25) is 14.3 Å². The van der Waals surface area contributed by atoms with Crippen molar-refractivity contribution in [1.29, 1.82) is 0 Å². The SMILES string of the molecule is CCn1nc(C(=O)CC2NC(=O)C2C(C)O[Si](C)(C)C(C)(C)C)cc1C. The largest absolute Gasteiger partial charge is 0.413 e. The number of hydrogen-bond acceptors (Lipinski definition) is 4. The summed E-state index contributed by atoms with van der Waals surface area (Å²) in [6.07, 6.45) is 0.0688. The first-order valence-corrected chi connectivity index (χ1v) is 12.3. The normalized spacial score (nSPS) is 21.9. The molecule has 0 radical (unpaired) electrons. The number of amides is 1. The van der Waals surface area contributed by atoms with Crippen molar-refractivity contribution in [3.05, 3.63) is 17.5 Å². The van der Waals surface area contributed by atoms with Crippen molar-refractivity contribution in [2.75, 3.05) is 0 Å². The van der Waals surface area contributed by atoms with Crippen molar-refractivity contribution in [2.24, 2.45) is 5.92 Å². The minimum atomic E-state index is -1.97. The molecule has 0 aromatic carbocycles. The van der Waals surface area contributed by atoms with Crippen LogP contribution in [0.1, 0.15) is 57.2 Å². The van der Waals surface area contributed by atoms with Gasteiger partial charge in [-0.25, -0.2) is 0 Å². The lowest BCUT2D eigenvalue weighted by Crippen LogP contribution is -2.64. The molecule has 0 aliphatic carbocycles. The zero-order valence-electron chi connectivity index (χ0n) is 17.3. The van der Waals surface area contributed by atoms with Crippen LogP contribution in [0.3, 0.4) is 0 Å². The predicted molar refractivity (Wildman–Crippen MR) is 105 cm³/mol. The number of rotatable bonds is 7. The molecule has 3 atom stereocenters. The smallest absolute Gasteiger partial charge is 0.228 e. The van der Waals surface area contributed by atoms with Gasteiger partial charge in [0.2, 0.25) is 5.91 Å². The molecule has 1 aliphatic heterocycles. The molecule has 146 valence electrons. The van der Waals surface area contributed by atoms with Gasteiger partial charge < -0.3 is 9.74 Å². The van der Waals surface area contributed by atoms with Crippen molar-refractivity contribution < 1.29 is 14.0 Å². The number of nitrogens with one attached hydrogen (secondary N) is 1. The van der Waals surface area contributed by atoms with Crippen molar-refractivity contribution >= 4 is 20.0 Å². The van der Waals surface area contributed by atoms with Crippen molar-refractivity contribution in [3.63, 3.8) is 0 Å². The third-order valence-electron chi connectivity index (χ3n) is 5.83. The van der Waals surface area contributed by atoms with Gasteiger partial charge in [-0.2, -0.15) is 5.10 Å². The predicted octanol–water partition coefficient (Wildman–Crippen LogP) is 3.31. The Bertz CT molecular complexity index is 691. The van der Waals surface area contributed by atoms with E-state index in [2.05, 4.69) is 44.3 Å². The minimum absolute atomic E-state index is 0.0238. The van der Waals surface area contributed by atoms with Crippen molar-refractivity contribution in [2.45, 2.75) is 84.8 Å². The van der Waals surface area contributed by atoms with E-state index in [0.717, 1.165) is 12.2 Å². The zero-order valence-corrected chi connectivity index (χ0v) is 18.3. The topological polar surface area (TPSA) is 73.2 Å². The van der Waals surface area contributed by atoms with Gasteiger partial charge in [0, 0.05) is 18.7 Å². The molecule has 7 heteroatoms. The first kappa shape index (κ1) is 20.8. The molecule has 2 rings (SSSR count). The van der Waals surface area contributed by atoms with Crippen LogP contribution in [0.15, 0.2) is 6.07 Å². The van der Waals surface area contributed by atoms with Crippen LogP contribution in [0, 0.1) is 12.8 Å². The molecule has 0 spiro atoms. The summed E-state index contributed by atoms with van der Waals surface area (Å²) in [5, 5.41) is 7.31. The van der Waals surface area contributed by atoms with Gasteiger partial charge in [0.1, 0.15) is 5.69 Å². The van der Waals surface area contributed by atoms with Gasteiger partial charge in [-0.1, -0.05) is 20.8 Å². The Labute approximate surface area is 157 Å². The molecular weight excluding hydrogens is 346 g/mol. The minimum Gasteiger partial charge on any atom is -0.413 e. The standard InChI is InChI=1S/C19H33N3O3Si/c1-9-22-12(2)10-14(21-22)16(23)11-15-17(18(24)20-15)13(3)25-26(7,8)19(4,5)6/h10,13,15,17H,9,11H2,1-8H3,(H,20,24). The molecule has 1 aromatic heterocycles. The second-order valence-electron chi connectivity index (χ2n) is 8.84. The summed E-state index contributed by atoms with van der Waals surface area (Å²) in [6.45, 7) is 17.5. The van der Waals surface area contributed by atoms with Gasteiger partial charge >= 0.3 is 0 Å². The summed E-state index contributed by atoms with van der Waals surface area (Å²) in [7, 11) is -1.97. The molecule has 6 nitrogen and oxygen atoms in total. The molecule has 26 heavy (non-hydrogen) atoms. The van der Waals surface area contributed by atoms with Crippen LogP contribution < -0.4 is 5.32 Å². The second kappa shape index (κ2) is 7.27. The number of carbonyl (C=O) groups is 2. The summed E-state index contributed by atoms with van der Waals surface area (Å²) >= 11 is 0. The first-order chi connectivity index (χ1) is 11.9. The highest BCUT2D eigenvalue weighted by Gasteiger charge is 2.48. The Morgan fingerprint density at radius 2 is 2.04 bits per heavy atom. The number of hydrogen-bond donors (Lipinski definition) is 1. The number of nitrogens with zero attached hydrogens (tertiary/aromatic N) is 2. The van der Waals surface area contributed by atoms with E-state index in [1.54, 1.807) is 0 Å². The summed E-state index contributed by atoms with van der Waals surface area (Å²) in [5.74, 6) is -0.332. The van der Waals surface area contributed by atoms with Crippen LogP contribution in [-0.2, 0) is 15.8 Å². The van der Waals surface area contributed by atoms with Gasteiger partial charge in [0.25, 0.3) is 0 Å². The summed E-state index contributed by atoms with van der Waals surface area (Å²) in [6, 6.07) is 1.64. The third kappa shape index (κ3) is 4.09. The summed E-state index contributed by atoms with van der Waals surface area (Å²) < 4.78 is 8.19. The number of Topliss-reactive ketones (excluding diaryl/α,β-unsaturated/α-hetero) is 1. The Morgan fingerprint density at radius 1 is 1.42 bits per heavy atom. The van der Waals surface area contributed by atoms with Gasteiger partial charge in [-0.05, 0) is 45.0 Å². The van der Waals surface area contributed by atoms with E-state index in [1.165, 1.54) is 0 Å². The van der Waals surface area contributed by atoms with Crippen LogP contribution >= 0.6 is 0 Å². The van der Waals surface area contributed by atoms with Crippen molar-refractivity contribution in [3.8, 4) is 0 Å². The Morgan fingerprint density at radius 3 is 2.50 bits per heavy atom. The highest BCUT2D eigenvalue weighted by molar-refractivity contribution is 6.74. The number of aromatic nitrogens is 2.